The molecule has 30 heavy (non-hydrogen) atoms. The third-order valence-electron chi connectivity index (χ3n) is 4.85. The van der Waals surface area contributed by atoms with Gasteiger partial charge in [-0.05, 0) is 18.2 Å². The van der Waals surface area contributed by atoms with Crippen molar-refractivity contribution in [3.63, 3.8) is 0 Å². The predicted molar refractivity (Wildman–Crippen MR) is 101 cm³/mol. The van der Waals surface area contributed by atoms with Gasteiger partial charge in [-0.25, -0.2) is 9.97 Å². The Morgan fingerprint density at radius 2 is 1.93 bits per heavy atom. The average Bonchev–Trinajstić information content (AvgIpc) is 2.69. The Labute approximate surface area is 168 Å². The van der Waals surface area contributed by atoms with Crippen molar-refractivity contribution in [3.8, 4) is 5.88 Å². The molecule has 1 amide bonds. The van der Waals surface area contributed by atoms with E-state index in [9.17, 15) is 22.8 Å². The number of hydrogen-bond donors (Lipinski definition) is 0. The molecule has 1 fully saturated rings. The van der Waals surface area contributed by atoms with Crippen LogP contribution in [-0.4, -0.2) is 44.5 Å². The number of aromatic nitrogens is 3. The molecule has 2 aromatic heterocycles. The molecular formula is C20H17F3N4O3. The number of halogens is 3. The largest absolute Gasteiger partial charge is 0.471 e. The molecule has 7 nitrogen and oxygen atoms in total. The summed E-state index contributed by atoms with van der Waals surface area (Å²) in [5.41, 5.74) is -0.459. The summed E-state index contributed by atoms with van der Waals surface area (Å²) in [7, 11) is 0. The van der Waals surface area contributed by atoms with Crippen molar-refractivity contribution in [1.82, 2.24) is 19.4 Å². The number of amides is 1. The third-order valence-corrected chi connectivity index (χ3v) is 4.85. The van der Waals surface area contributed by atoms with Crippen molar-refractivity contribution in [3.05, 3.63) is 64.8 Å². The summed E-state index contributed by atoms with van der Waals surface area (Å²) in [6.07, 6.45) is -2.34. The lowest BCUT2D eigenvalue weighted by atomic mass is 10.1. The van der Waals surface area contributed by atoms with Crippen LogP contribution in [0.15, 0.2) is 53.7 Å². The fourth-order valence-electron chi connectivity index (χ4n) is 3.18. The summed E-state index contributed by atoms with van der Waals surface area (Å²) in [6.45, 7) is 0.690. The summed E-state index contributed by atoms with van der Waals surface area (Å²) < 4.78 is 45.0. The third kappa shape index (κ3) is 4.12. The zero-order valence-corrected chi connectivity index (χ0v) is 15.7. The van der Waals surface area contributed by atoms with E-state index in [4.69, 9.17) is 4.74 Å². The van der Waals surface area contributed by atoms with Crippen molar-refractivity contribution in [2.75, 3.05) is 13.1 Å². The minimum Gasteiger partial charge on any atom is -0.471 e. The summed E-state index contributed by atoms with van der Waals surface area (Å²) in [5.74, 6) is -0.303. The van der Waals surface area contributed by atoms with Gasteiger partial charge < -0.3 is 9.64 Å². The Morgan fingerprint density at radius 1 is 1.17 bits per heavy atom. The molecule has 156 valence electrons. The Morgan fingerprint density at radius 3 is 2.70 bits per heavy atom. The Bertz CT molecular complexity index is 1140. The van der Waals surface area contributed by atoms with Crippen molar-refractivity contribution >= 4 is 16.8 Å². The molecule has 10 heteroatoms. The van der Waals surface area contributed by atoms with Gasteiger partial charge in [0.2, 0.25) is 11.8 Å². The number of rotatable bonds is 5. The van der Waals surface area contributed by atoms with Gasteiger partial charge in [-0.15, -0.1) is 0 Å². The van der Waals surface area contributed by atoms with E-state index in [2.05, 4.69) is 9.97 Å². The highest BCUT2D eigenvalue weighted by atomic mass is 19.4. The van der Waals surface area contributed by atoms with Crippen LogP contribution in [0.1, 0.15) is 12.0 Å². The highest BCUT2D eigenvalue weighted by molar-refractivity contribution is 5.78. The number of para-hydroxylation sites is 1. The van der Waals surface area contributed by atoms with Crippen LogP contribution in [-0.2, 0) is 17.5 Å². The monoisotopic (exact) mass is 418 g/mol. The first-order valence-electron chi connectivity index (χ1n) is 9.23. The number of hydrogen-bond acceptors (Lipinski definition) is 5. The molecule has 0 N–H and O–H groups in total. The molecule has 0 radical (unpaired) electrons. The molecule has 0 atom stereocenters. The van der Waals surface area contributed by atoms with Gasteiger partial charge >= 0.3 is 6.18 Å². The number of carbonyl (C=O) groups is 1. The molecule has 1 aliphatic rings. The number of aryl methyl sites for hydroxylation is 1. The van der Waals surface area contributed by atoms with Gasteiger partial charge in [0.05, 0.1) is 35.9 Å². The molecule has 3 aromatic rings. The Balaban J connectivity index is 1.30. The first-order chi connectivity index (χ1) is 14.3. The predicted octanol–water partition coefficient (Wildman–Crippen LogP) is 2.49. The molecule has 1 saturated heterocycles. The molecular weight excluding hydrogens is 401 g/mol. The molecule has 0 unspecified atom stereocenters. The summed E-state index contributed by atoms with van der Waals surface area (Å²) in [5, 5.41) is 0.485. The second-order valence-electron chi connectivity index (χ2n) is 6.93. The zero-order valence-electron chi connectivity index (χ0n) is 15.7. The lowest BCUT2D eigenvalue weighted by Crippen LogP contribution is -2.56. The topological polar surface area (TPSA) is 77.3 Å². The second kappa shape index (κ2) is 7.77. The van der Waals surface area contributed by atoms with Crippen LogP contribution in [0.25, 0.3) is 10.9 Å². The zero-order chi connectivity index (χ0) is 21.3. The fourth-order valence-corrected chi connectivity index (χ4v) is 3.18. The number of ether oxygens (including phenoxy) is 1. The maximum atomic E-state index is 12.7. The van der Waals surface area contributed by atoms with Gasteiger partial charge in [-0.3, -0.25) is 14.2 Å². The minimum atomic E-state index is -4.47. The number of likely N-dealkylation sites (tertiary alicyclic amines) is 1. The molecule has 0 saturated carbocycles. The van der Waals surface area contributed by atoms with E-state index in [0.717, 1.165) is 18.3 Å². The van der Waals surface area contributed by atoms with Crippen molar-refractivity contribution < 1.29 is 22.7 Å². The molecule has 1 aromatic carbocycles. The van der Waals surface area contributed by atoms with E-state index < -0.39 is 17.8 Å². The van der Waals surface area contributed by atoms with E-state index in [1.807, 2.05) is 0 Å². The van der Waals surface area contributed by atoms with Gasteiger partial charge in [0.25, 0.3) is 5.56 Å². The number of pyridine rings is 1. The lowest BCUT2D eigenvalue weighted by molar-refractivity contribution is -0.140. The van der Waals surface area contributed by atoms with Gasteiger partial charge in [-0.2, -0.15) is 13.2 Å². The summed E-state index contributed by atoms with van der Waals surface area (Å²) >= 11 is 0. The number of nitrogens with zero attached hydrogens (tertiary/aromatic N) is 4. The van der Waals surface area contributed by atoms with Crippen LogP contribution in [0.2, 0.25) is 0 Å². The molecule has 1 aliphatic heterocycles. The van der Waals surface area contributed by atoms with Crippen molar-refractivity contribution in [2.24, 2.45) is 0 Å². The van der Waals surface area contributed by atoms with E-state index in [1.54, 1.807) is 24.3 Å². The first kappa shape index (κ1) is 19.9. The van der Waals surface area contributed by atoms with E-state index in [1.165, 1.54) is 15.8 Å². The summed E-state index contributed by atoms with van der Waals surface area (Å²) in [4.78, 5) is 34.3. The number of alkyl halides is 3. The smallest absolute Gasteiger partial charge is 0.416 e. The van der Waals surface area contributed by atoms with Gasteiger partial charge in [-0.1, -0.05) is 12.1 Å². The molecule has 4 rings (SSSR count). The maximum absolute atomic E-state index is 12.7. The maximum Gasteiger partial charge on any atom is 0.416 e. The van der Waals surface area contributed by atoms with E-state index in [0.29, 0.717) is 10.9 Å². The molecule has 0 aliphatic carbocycles. The molecule has 0 spiro atoms. The second-order valence-corrected chi connectivity index (χ2v) is 6.93. The quantitative estimate of drug-likeness (QED) is 0.636. The van der Waals surface area contributed by atoms with Gasteiger partial charge in [0.15, 0.2) is 0 Å². The van der Waals surface area contributed by atoms with Gasteiger partial charge in [0.1, 0.15) is 6.10 Å². The number of benzene rings is 1. The first-order valence-corrected chi connectivity index (χ1v) is 9.23. The van der Waals surface area contributed by atoms with E-state index >= 15 is 0 Å². The van der Waals surface area contributed by atoms with Gasteiger partial charge in [0, 0.05) is 25.2 Å². The number of carbonyl (C=O) groups excluding carboxylic acids is 1. The van der Waals surface area contributed by atoms with Crippen LogP contribution in [0.4, 0.5) is 13.2 Å². The van der Waals surface area contributed by atoms with Crippen LogP contribution >= 0.6 is 0 Å². The van der Waals surface area contributed by atoms with Crippen LogP contribution in [0, 0.1) is 0 Å². The van der Waals surface area contributed by atoms with Crippen LogP contribution < -0.4 is 10.3 Å². The highest BCUT2D eigenvalue weighted by Gasteiger charge is 2.34. The van der Waals surface area contributed by atoms with Crippen LogP contribution in [0.3, 0.4) is 0 Å². The number of fused-ring (bicyclic) bond motifs is 1. The molecule has 3 heterocycles. The van der Waals surface area contributed by atoms with Crippen molar-refractivity contribution in [2.45, 2.75) is 25.2 Å². The minimum absolute atomic E-state index is 0.106. The van der Waals surface area contributed by atoms with Crippen LogP contribution in [0.5, 0.6) is 5.88 Å². The Hall–Kier alpha value is -3.43. The normalized spacial score (nSPS) is 14.6. The average molecular weight is 418 g/mol. The highest BCUT2D eigenvalue weighted by Crippen LogP contribution is 2.31. The molecule has 0 bridgehead atoms. The standard InChI is InChI=1S/C20H17F3N4O3/c21-20(22,23)13-5-7-24-17(9-13)30-14-10-27(11-14)18(28)6-8-26-12-25-16-4-2-1-3-15(16)19(26)29/h1-5,7,9,12,14H,6,8,10-11H2. The van der Waals surface area contributed by atoms with E-state index in [-0.39, 0.29) is 43.4 Å². The van der Waals surface area contributed by atoms with Crippen molar-refractivity contribution in [1.29, 1.82) is 0 Å². The SMILES string of the molecule is O=C(CCn1cnc2ccccc2c1=O)N1CC(Oc2cc(C(F)(F)F)ccn2)C1. The lowest BCUT2D eigenvalue weighted by Gasteiger charge is -2.38. The Kier molecular flexibility index (Phi) is 5.15. The summed E-state index contributed by atoms with van der Waals surface area (Å²) in [6, 6.07) is 8.67. The fraction of sp³-hybridized carbons (Fsp3) is 0.300.